The zero-order valence-corrected chi connectivity index (χ0v) is 27.3. The van der Waals surface area contributed by atoms with E-state index in [1.54, 1.807) is 9.80 Å². The number of amides is 3. The molecule has 3 fully saturated rings. The molecule has 1 aromatic heterocycles. The van der Waals surface area contributed by atoms with E-state index in [4.69, 9.17) is 17.3 Å². The highest BCUT2D eigenvalue weighted by Crippen LogP contribution is 2.38. The predicted molar refractivity (Wildman–Crippen MR) is 175 cm³/mol. The van der Waals surface area contributed by atoms with E-state index in [1.807, 2.05) is 30.3 Å². The van der Waals surface area contributed by atoms with Gasteiger partial charge in [0, 0.05) is 44.2 Å². The van der Waals surface area contributed by atoms with E-state index >= 15 is 0 Å². The van der Waals surface area contributed by atoms with E-state index in [1.165, 1.54) is 23.6 Å². The number of nitrogens with zero attached hydrogens (tertiary/aromatic N) is 5. The topological polar surface area (TPSA) is 133 Å². The number of hydrogen-bond acceptors (Lipinski definition) is 6. The van der Waals surface area contributed by atoms with E-state index in [2.05, 4.69) is 20.3 Å². The smallest absolute Gasteiger partial charge is 0.397 e. The number of carbonyl (C=O) groups is 2. The fourth-order valence-electron chi connectivity index (χ4n) is 7.10. The lowest BCUT2D eigenvalue weighted by Gasteiger charge is -2.38. The third-order valence-electron chi connectivity index (χ3n) is 9.75. The van der Waals surface area contributed by atoms with Gasteiger partial charge in [0.1, 0.15) is 6.04 Å². The third kappa shape index (κ3) is 7.49. The summed E-state index contributed by atoms with van der Waals surface area (Å²) in [5, 5.41) is 7.04. The average molecular weight is 689 g/mol. The molecule has 0 radical (unpaired) electrons. The number of hydrogen-bond donors (Lipinski definition) is 3. The fourth-order valence-corrected chi connectivity index (χ4v) is 7.35. The lowest BCUT2D eigenvalue weighted by atomic mass is 9.98. The number of nitrogens with two attached hydrogens (primary N) is 1. The van der Waals surface area contributed by atoms with Crippen molar-refractivity contribution in [3.63, 3.8) is 0 Å². The first-order chi connectivity index (χ1) is 23.0. The maximum Gasteiger partial charge on any atom is 0.418 e. The Bertz CT molecular complexity index is 1660. The van der Waals surface area contributed by atoms with E-state index in [9.17, 15) is 27.6 Å². The number of alkyl halides is 3. The molecule has 15 heteroatoms. The summed E-state index contributed by atoms with van der Waals surface area (Å²) in [6, 6.07) is 10.0. The summed E-state index contributed by atoms with van der Waals surface area (Å²) in [6.45, 7) is 3.69. The molecule has 258 valence electrons. The Morgan fingerprint density at radius 3 is 2.23 bits per heavy atom. The molecule has 2 aromatic carbocycles. The molecule has 0 saturated carbocycles. The summed E-state index contributed by atoms with van der Waals surface area (Å²) in [4.78, 5) is 48.7. The molecular formula is C33H40ClF3N8O3. The zero-order chi connectivity index (χ0) is 34.0. The van der Waals surface area contributed by atoms with E-state index < -0.39 is 29.5 Å². The number of rotatable bonds is 7. The quantitative estimate of drug-likeness (QED) is 0.313. The standard InChI is InChI=1S/C33H40ClF3N8O3/c34-26-19-21(18-25(28(26)38)33(35,36)37)20-27(30(46)43-14-8-23(9-15-43)42-12-4-5-13-42)39-31(47)44-16-10-24(11-17-44)45-32(48)40-29(41-45)22-6-2-1-3-7-22/h1-3,6-7,18-19,23-24,27H,4-5,8-17,20,38H2,(H,39,47)(H,40,41,48)/t27-/m1/s1. The van der Waals surface area contributed by atoms with Gasteiger partial charge in [0.05, 0.1) is 22.3 Å². The molecule has 0 unspecified atom stereocenters. The van der Waals surface area contributed by atoms with Crippen LogP contribution in [0.15, 0.2) is 47.3 Å². The van der Waals surface area contributed by atoms with Gasteiger partial charge in [-0.3, -0.25) is 9.78 Å². The molecule has 0 aliphatic carbocycles. The molecule has 3 saturated heterocycles. The maximum atomic E-state index is 13.9. The number of urea groups is 1. The number of benzene rings is 2. The van der Waals surface area contributed by atoms with Gasteiger partial charge in [0.2, 0.25) is 5.91 Å². The molecule has 11 nitrogen and oxygen atoms in total. The van der Waals surface area contributed by atoms with Crippen LogP contribution < -0.4 is 16.7 Å². The Balaban J connectivity index is 1.15. The van der Waals surface area contributed by atoms with Crippen LogP contribution in [0.5, 0.6) is 0 Å². The largest absolute Gasteiger partial charge is 0.418 e. The van der Waals surface area contributed by atoms with Crippen molar-refractivity contribution in [2.45, 2.75) is 69.2 Å². The summed E-state index contributed by atoms with van der Waals surface area (Å²) in [5.41, 5.74) is 4.56. The van der Waals surface area contributed by atoms with Crippen molar-refractivity contribution in [1.82, 2.24) is 34.8 Å². The normalized spacial score (nSPS) is 19.1. The van der Waals surface area contributed by atoms with Crippen molar-refractivity contribution in [2.24, 2.45) is 0 Å². The summed E-state index contributed by atoms with van der Waals surface area (Å²) in [6.07, 6.45) is -0.0964. The zero-order valence-electron chi connectivity index (χ0n) is 26.5. The minimum absolute atomic E-state index is 0.137. The monoisotopic (exact) mass is 688 g/mol. The molecule has 3 aliphatic rings. The lowest BCUT2D eigenvalue weighted by Crippen LogP contribution is -2.56. The second-order valence-electron chi connectivity index (χ2n) is 12.8. The van der Waals surface area contributed by atoms with Gasteiger partial charge in [0.15, 0.2) is 5.82 Å². The predicted octanol–water partition coefficient (Wildman–Crippen LogP) is 4.54. The first-order valence-corrected chi connectivity index (χ1v) is 16.8. The number of nitrogen functional groups attached to an aromatic ring is 1. The second-order valence-corrected chi connectivity index (χ2v) is 13.3. The van der Waals surface area contributed by atoms with Gasteiger partial charge < -0.3 is 25.8 Å². The highest BCUT2D eigenvalue weighted by molar-refractivity contribution is 6.33. The molecule has 48 heavy (non-hydrogen) atoms. The number of likely N-dealkylation sites (tertiary alicyclic amines) is 3. The SMILES string of the molecule is Nc1c(Cl)cc(C[C@@H](NC(=O)N2CCC(n3nc(-c4ccccc4)[nH]c3=O)CC2)C(=O)N2CCC(N3CCCC3)CC2)cc1C(F)(F)F. The van der Waals surface area contributed by atoms with Crippen LogP contribution in [-0.2, 0) is 17.4 Å². The minimum atomic E-state index is -4.74. The van der Waals surface area contributed by atoms with Gasteiger partial charge in [-0.1, -0.05) is 41.9 Å². The number of aromatic nitrogens is 3. The molecule has 4 heterocycles. The molecule has 3 aromatic rings. The van der Waals surface area contributed by atoms with Crippen molar-refractivity contribution in [3.05, 3.63) is 69.1 Å². The van der Waals surface area contributed by atoms with E-state index in [-0.39, 0.29) is 34.6 Å². The van der Waals surface area contributed by atoms with Gasteiger partial charge in [-0.05, 0) is 69.3 Å². The summed E-state index contributed by atoms with van der Waals surface area (Å²) >= 11 is 6.10. The number of carbonyl (C=O) groups excluding carboxylic acids is 2. The second kappa shape index (κ2) is 14.2. The van der Waals surface area contributed by atoms with Gasteiger partial charge in [-0.2, -0.15) is 13.2 Å². The number of nitrogens with one attached hydrogen (secondary N) is 2. The van der Waals surface area contributed by atoms with Crippen LogP contribution in [0.1, 0.15) is 55.7 Å². The number of H-pyrrole nitrogens is 1. The van der Waals surface area contributed by atoms with Gasteiger partial charge in [-0.25, -0.2) is 14.3 Å². The lowest BCUT2D eigenvalue weighted by molar-refractivity contribution is -0.137. The molecule has 0 spiro atoms. The minimum Gasteiger partial charge on any atom is -0.397 e. The fraction of sp³-hybridized carbons (Fsp3) is 0.515. The van der Waals surface area contributed by atoms with Crippen LogP contribution in [0, 0.1) is 0 Å². The van der Waals surface area contributed by atoms with Gasteiger partial charge in [-0.15, -0.1) is 5.10 Å². The molecule has 6 rings (SSSR count). The van der Waals surface area contributed by atoms with Crippen molar-refractivity contribution in [1.29, 1.82) is 0 Å². The van der Waals surface area contributed by atoms with Gasteiger partial charge >= 0.3 is 17.9 Å². The molecule has 1 atom stereocenters. The summed E-state index contributed by atoms with van der Waals surface area (Å²) < 4.78 is 42.7. The highest BCUT2D eigenvalue weighted by Gasteiger charge is 2.37. The van der Waals surface area contributed by atoms with Crippen molar-refractivity contribution >= 4 is 29.2 Å². The van der Waals surface area contributed by atoms with Crippen molar-refractivity contribution < 1.29 is 22.8 Å². The molecule has 3 aliphatic heterocycles. The first kappa shape index (κ1) is 33.8. The molecule has 0 bridgehead atoms. The molecule has 3 amide bonds. The Kier molecular flexibility index (Phi) is 10.0. The third-order valence-corrected chi connectivity index (χ3v) is 10.1. The Morgan fingerprint density at radius 2 is 1.58 bits per heavy atom. The van der Waals surface area contributed by atoms with Crippen LogP contribution in [0.4, 0.5) is 23.7 Å². The van der Waals surface area contributed by atoms with Crippen molar-refractivity contribution in [3.8, 4) is 11.4 Å². The van der Waals surface area contributed by atoms with E-state index in [0.717, 1.165) is 37.6 Å². The Morgan fingerprint density at radius 1 is 0.958 bits per heavy atom. The molecular weight excluding hydrogens is 649 g/mol. The Hall–Kier alpha value is -4.04. The van der Waals surface area contributed by atoms with Crippen LogP contribution in [0.3, 0.4) is 0 Å². The van der Waals surface area contributed by atoms with E-state index in [0.29, 0.717) is 50.9 Å². The van der Waals surface area contributed by atoms with Crippen LogP contribution in [0.25, 0.3) is 11.4 Å². The maximum absolute atomic E-state index is 13.9. The first-order valence-electron chi connectivity index (χ1n) is 16.5. The summed E-state index contributed by atoms with van der Waals surface area (Å²) in [7, 11) is 0. The van der Waals surface area contributed by atoms with Crippen LogP contribution in [-0.4, -0.2) is 92.8 Å². The van der Waals surface area contributed by atoms with Crippen molar-refractivity contribution in [2.75, 3.05) is 45.0 Å². The number of piperidine rings is 2. The number of anilines is 1. The Labute approximate surface area is 281 Å². The average Bonchev–Trinajstić information content (AvgIpc) is 3.76. The molecule has 4 N–H and O–H groups in total. The van der Waals surface area contributed by atoms with Crippen LogP contribution >= 0.6 is 11.6 Å². The highest BCUT2D eigenvalue weighted by atomic mass is 35.5. The number of aromatic amines is 1. The number of halogens is 4. The van der Waals surface area contributed by atoms with Gasteiger partial charge in [0.25, 0.3) is 0 Å². The summed E-state index contributed by atoms with van der Waals surface area (Å²) in [5.74, 6) is 0.110. The van der Waals surface area contributed by atoms with Crippen LogP contribution in [0.2, 0.25) is 5.02 Å².